The van der Waals surface area contributed by atoms with Gasteiger partial charge in [0, 0.05) is 25.9 Å². The van der Waals surface area contributed by atoms with E-state index in [1.165, 1.54) is 12.1 Å². The summed E-state index contributed by atoms with van der Waals surface area (Å²) in [6.45, 7) is 6.09. The van der Waals surface area contributed by atoms with Gasteiger partial charge in [-0.3, -0.25) is 9.67 Å². The number of hydrogen-bond donors (Lipinski definition) is 2. The highest BCUT2D eigenvalue weighted by molar-refractivity contribution is 5.79. The van der Waals surface area contributed by atoms with E-state index in [2.05, 4.69) is 20.7 Å². The van der Waals surface area contributed by atoms with E-state index in [9.17, 15) is 4.39 Å². The molecule has 1 unspecified atom stereocenters. The van der Waals surface area contributed by atoms with E-state index >= 15 is 0 Å². The first kappa shape index (κ1) is 18.8. The van der Waals surface area contributed by atoms with E-state index in [0.717, 1.165) is 18.5 Å². The zero-order valence-corrected chi connectivity index (χ0v) is 15.0. The van der Waals surface area contributed by atoms with Crippen molar-refractivity contribution in [1.29, 1.82) is 0 Å². The molecule has 2 rings (SSSR count). The number of ether oxygens (including phenoxy) is 1. The van der Waals surface area contributed by atoms with Gasteiger partial charge in [-0.1, -0.05) is 13.0 Å². The molecular weight excluding hydrogens is 321 g/mol. The largest absolute Gasteiger partial charge is 0.489 e. The van der Waals surface area contributed by atoms with Gasteiger partial charge in [-0.2, -0.15) is 5.10 Å². The maximum atomic E-state index is 13.2. The minimum absolute atomic E-state index is 0.0749. The zero-order chi connectivity index (χ0) is 18.1. The minimum Gasteiger partial charge on any atom is -0.489 e. The van der Waals surface area contributed by atoms with Gasteiger partial charge >= 0.3 is 0 Å². The molecule has 0 spiro atoms. The predicted octanol–water partition coefficient (Wildman–Crippen LogP) is 2.35. The summed E-state index contributed by atoms with van der Waals surface area (Å²) >= 11 is 0. The Hall–Kier alpha value is -2.57. The highest BCUT2D eigenvalue weighted by atomic mass is 19.1. The van der Waals surface area contributed by atoms with Crippen LogP contribution in [0.4, 0.5) is 4.39 Å². The standard InChI is InChI=1S/C18H26FN5O/c1-4-16(25-17-7-5-6-15(19)10-17)12-22-18(20-3)21-8-9-24-13-14(2)11-23-24/h5-7,10-11,13,16H,4,8-9,12H2,1-3H3,(H2,20,21,22). The molecule has 1 aromatic heterocycles. The highest BCUT2D eigenvalue weighted by Crippen LogP contribution is 2.14. The number of aryl methyl sites for hydroxylation is 1. The maximum absolute atomic E-state index is 13.2. The van der Waals surface area contributed by atoms with Gasteiger partial charge in [-0.25, -0.2) is 4.39 Å². The number of hydrogen-bond acceptors (Lipinski definition) is 3. The first-order chi connectivity index (χ1) is 12.1. The smallest absolute Gasteiger partial charge is 0.191 e. The Morgan fingerprint density at radius 2 is 2.24 bits per heavy atom. The molecule has 0 aliphatic heterocycles. The van der Waals surface area contributed by atoms with Crippen molar-refractivity contribution >= 4 is 5.96 Å². The van der Waals surface area contributed by atoms with E-state index in [1.807, 2.05) is 30.9 Å². The Morgan fingerprint density at radius 3 is 2.88 bits per heavy atom. The van der Waals surface area contributed by atoms with E-state index in [0.29, 0.717) is 24.8 Å². The summed E-state index contributed by atoms with van der Waals surface area (Å²) in [5, 5.41) is 10.7. The van der Waals surface area contributed by atoms with Crippen molar-refractivity contribution in [2.45, 2.75) is 32.9 Å². The van der Waals surface area contributed by atoms with Crippen LogP contribution < -0.4 is 15.4 Å². The number of rotatable bonds is 8. The second-order valence-electron chi connectivity index (χ2n) is 5.77. The number of aromatic nitrogens is 2. The van der Waals surface area contributed by atoms with Gasteiger partial charge in [0.1, 0.15) is 17.7 Å². The molecule has 1 aromatic carbocycles. The summed E-state index contributed by atoms with van der Waals surface area (Å²) in [7, 11) is 1.72. The fourth-order valence-electron chi connectivity index (χ4n) is 2.31. The van der Waals surface area contributed by atoms with E-state index in [1.54, 1.807) is 19.2 Å². The van der Waals surface area contributed by atoms with Gasteiger partial charge in [0.15, 0.2) is 5.96 Å². The zero-order valence-electron chi connectivity index (χ0n) is 15.0. The summed E-state index contributed by atoms with van der Waals surface area (Å²) in [5.41, 5.74) is 1.14. The third kappa shape index (κ3) is 6.45. The van der Waals surface area contributed by atoms with Crippen molar-refractivity contribution in [3.8, 4) is 5.75 Å². The summed E-state index contributed by atoms with van der Waals surface area (Å²) in [5.74, 6) is 0.933. The van der Waals surface area contributed by atoms with E-state index < -0.39 is 0 Å². The summed E-state index contributed by atoms with van der Waals surface area (Å²) in [6.07, 6.45) is 4.56. The van der Waals surface area contributed by atoms with Crippen LogP contribution in [0.2, 0.25) is 0 Å². The van der Waals surface area contributed by atoms with Gasteiger partial charge in [0.05, 0.1) is 19.3 Å². The lowest BCUT2D eigenvalue weighted by atomic mass is 10.2. The number of aliphatic imine (C=N–C) groups is 1. The van der Waals surface area contributed by atoms with Crippen molar-refractivity contribution in [2.24, 2.45) is 4.99 Å². The molecule has 1 heterocycles. The third-order valence-corrected chi connectivity index (χ3v) is 3.67. The van der Waals surface area contributed by atoms with E-state index in [4.69, 9.17) is 4.74 Å². The quantitative estimate of drug-likeness (QED) is 0.568. The molecule has 0 aliphatic carbocycles. The third-order valence-electron chi connectivity index (χ3n) is 3.67. The molecule has 0 radical (unpaired) electrons. The first-order valence-electron chi connectivity index (χ1n) is 8.46. The van der Waals surface area contributed by atoms with Crippen LogP contribution in [0.1, 0.15) is 18.9 Å². The SMILES string of the molecule is CCC(CNC(=NC)NCCn1cc(C)cn1)Oc1cccc(F)c1. The lowest BCUT2D eigenvalue weighted by Gasteiger charge is -2.20. The van der Waals surface area contributed by atoms with Crippen molar-refractivity contribution < 1.29 is 9.13 Å². The van der Waals surface area contributed by atoms with Crippen LogP contribution in [-0.4, -0.2) is 42.0 Å². The topological polar surface area (TPSA) is 63.5 Å². The maximum Gasteiger partial charge on any atom is 0.191 e. The molecule has 2 N–H and O–H groups in total. The van der Waals surface area contributed by atoms with Gasteiger partial charge in [0.2, 0.25) is 0 Å². The molecule has 0 aliphatic rings. The monoisotopic (exact) mass is 347 g/mol. The Kier molecular flexibility index (Phi) is 7.25. The predicted molar refractivity (Wildman–Crippen MR) is 97.4 cm³/mol. The van der Waals surface area contributed by atoms with Gasteiger partial charge in [-0.15, -0.1) is 0 Å². The Labute approximate surface area is 148 Å². The number of guanidine groups is 1. The molecule has 0 fully saturated rings. The van der Waals surface area contributed by atoms with Gasteiger partial charge in [0.25, 0.3) is 0 Å². The number of nitrogens with zero attached hydrogens (tertiary/aromatic N) is 3. The fraction of sp³-hybridized carbons (Fsp3) is 0.444. The van der Waals surface area contributed by atoms with Crippen molar-refractivity contribution in [2.75, 3.05) is 20.1 Å². The Balaban J connectivity index is 1.75. The summed E-state index contributed by atoms with van der Waals surface area (Å²) in [4.78, 5) is 4.20. The lowest BCUT2D eigenvalue weighted by molar-refractivity contribution is 0.198. The highest BCUT2D eigenvalue weighted by Gasteiger charge is 2.10. The summed E-state index contributed by atoms with van der Waals surface area (Å²) in [6, 6.07) is 6.19. The molecule has 0 saturated carbocycles. The first-order valence-corrected chi connectivity index (χ1v) is 8.46. The molecule has 25 heavy (non-hydrogen) atoms. The second kappa shape index (κ2) is 9.66. The number of benzene rings is 1. The van der Waals surface area contributed by atoms with Crippen molar-refractivity contribution in [1.82, 2.24) is 20.4 Å². The van der Waals surface area contributed by atoms with E-state index in [-0.39, 0.29) is 11.9 Å². The molecular formula is C18H26FN5O. The summed E-state index contributed by atoms with van der Waals surface area (Å²) < 4.78 is 20.9. The lowest BCUT2D eigenvalue weighted by Crippen LogP contribution is -2.43. The average molecular weight is 347 g/mol. The van der Waals surface area contributed by atoms with Crippen LogP contribution in [0.3, 0.4) is 0 Å². The molecule has 0 amide bonds. The van der Waals surface area contributed by atoms with Crippen LogP contribution in [0.15, 0.2) is 41.7 Å². The molecule has 136 valence electrons. The molecule has 0 saturated heterocycles. The Bertz CT molecular complexity index is 686. The minimum atomic E-state index is -0.299. The number of halogens is 1. The molecule has 2 aromatic rings. The van der Waals surface area contributed by atoms with Crippen LogP contribution in [0.5, 0.6) is 5.75 Å². The molecule has 7 heteroatoms. The van der Waals surface area contributed by atoms with Crippen molar-refractivity contribution in [3.63, 3.8) is 0 Å². The average Bonchev–Trinajstić information content (AvgIpc) is 3.02. The Morgan fingerprint density at radius 1 is 1.40 bits per heavy atom. The fourth-order valence-corrected chi connectivity index (χ4v) is 2.31. The van der Waals surface area contributed by atoms with Crippen LogP contribution >= 0.6 is 0 Å². The van der Waals surface area contributed by atoms with Gasteiger partial charge < -0.3 is 15.4 Å². The normalized spacial score (nSPS) is 12.7. The van der Waals surface area contributed by atoms with Crippen molar-refractivity contribution in [3.05, 3.63) is 48.0 Å². The van der Waals surface area contributed by atoms with Gasteiger partial charge in [-0.05, 0) is 31.0 Å². The molecule has 1 atom stereocenters. The molecule has 6 nitrogen and oxygen atoms in total. The number of nitrogens with one attached hydrogen (secondary N) is 2. The van der Waals surface area contributed by atoms with Crippen LogP contribution in [-0.2, 0) is 6.54 Å². The van der Waals surface area contributed by atoms with Crippen LogP contribution in [0.25, 0.3) is 0 Å². The molecule has 0 bridgehead atoms. The second-order valence-corrected chi connectivity index (χ2v) is 5.77. The van der Waals surface area contributed by atoms with Crippen LogP contribution in [0, 0.1) is 12.7 Å².